The average molecular weight is 328 g/mol. The van der Waals surface area contributed by atoms with Crippen LogP contribution in [0, 0.1) is 5.82 Å². The number of nitrogens with zero attached hydrogens (tertiary/aromatic N) is 2. The third kappa shape index (κ3) is 2.64. The van der Waals surface area contributed by atoms with Crippen LogP contribution in [0.5, 0.6) is 0 Å². The molecule has 4 rings (SSSR count). The number of hydrogen-bond acceptors (Lipinski definition) is 3. The van der Waals surface area contributed by atoms with E-state index in [1.54, 1.807) is 11.8 Å². The Morgan fingerprint density at radius 2 is 1.87 bits per heavy atom. The maximum absolute atomic E-state index is 13.1. The number of anilines is 1. The van der Waals surface area contributed by atoms with Gasteiger partial charge in [0.15, 0.2) is 0 Å². The van der Waals surface area contributed by atoms with Gasteiger partial charge >= 0.3 is 0 Å². The molecule has 1 fully saturated rings. The normalized spacial score (nSPS) is 23.7. The fraction of sp³-hybridized carbons (Fsp3) is 0.368. The molecule has 2 aromatic carbocycles. The molecule has 0 aromatic heterocycles. The number of hydrogen-bond donors (Lipinski definition) is 0. The Labute approximate surface area is 141 Å². The smallest absolute Gasteiger partial charge is 0.123 e. The highest BCUT2D eigenvalue weighted by Gasteiger charge is 2.40. The highest BCUT2D eigenvalue weighted by Crippen LogP contribution is 2.49. The lowest BCUT2D eigenvalue weighted by Crippen LogP contribution is -2.43. The minimum absolute atomic E-state index is 0.182. The SMILES string of the molecule is CN1CCC2C(C1)c1cccc(Sc3ccc(F)cc3)c1N2C. The van der Waals surface area contributed by atoms with Crippen molar-refractivity contribution in [1.29, 1.82) is 0 Å². The third-order valence-corrected chi connectivity index (χ3v) is 6.16. The van der Waals surface area contributed by atoms with Gasteiger partial charge in [-0.3, -0.25) is 0 Å². The number of piperidine rings is 1. The first-order chi connectivity index (χ1) is 11.1. The number of benzene rings is 2. The first-order valence-corrected chi connectivity index (χ1v) is 8.93. The summed E-state index contributed by atoms with van der Waals surface area (Å²) in [5, 5.41) is 0. The molecule has 0 aliphatic carbocycles. The zero-order valence-electron chi connectivity index (χ0n) is 13.5. The molecule has 4 heteroatoms. The molecule has 23 heavy (non-hydrogen) atoms. The van der Waals surface area contributed by atoms with Gasteiger partial charge in [0.1, 0.15) is 5.82 Å². The molecule has 0 amide bonds. The quantitative estimate of drug-likeness (QED) is 0.815. The third-order valence-electron chi connectivity index (χ3n) is 5.10. The second kappa shape index (κ2) is 5.84. The van der Waals surface area contributed by atoms with Gasteiger partial charge in [-0.15, -0.1) is 0 Å². The van der Waals surface area contributed by atoms with Crippen LogP contribution >= 0.6 is 11.8 Å². The fourth-order valence-corrected chi connectivity index (χ4v) is 5.00. The van der Waals surface area contributed by atoms with Crippen LogP contribution < -0.4 is 4.90 Å². The highest BCUT2D eigenvalue weighted by molar-refractivity contribution is 7.99. The number of halogens is 1. The molecule has 2 nitrogen and oxygen atoms in total. The maximum atomic E-state index is 13.1. The van der Waals surface area contributed by atoms with E-state index in [2.05, 4.69) is 42.1 Å². The Morgan fingerprint density at radius 1 is 1.09 bits per heavy atom. The van der Waals surface area contributed by atoms with Crippen LogP contribution in [0.25, 0.3) is 0 Å². The summed E-state index contributed by atoms with van der Waals surface area (Å²) in [6, 6.07) is 14.0. The molecule has 0 bridgehead atoms. The minimum Gasteiger partial charge on any atom is -0.370 e. The van der Waals surface area contributed by atoms with Crippen molar-refractivity contribution in [1.82, 2.24) is 4.90 Å². The summed E-state index contributed by atoms with van der Waals surface area (Å²) in [4.78, 5) is 7.26. The second-order valence-electron chi connectivity index (χ2n) is 6.59. The lowest BCUT2D eigenvalue weighted by Gasteiger charge is -2.35. The molecular formula is C19H21FN2S. The van der Waals surface area contributed by atoms with Gasteiger partial charge in [0.2, 0.25) is 0 Å². The van der Waals surface area contributed by atoms with Gasteiger partial charge < -0.3 is 9.80 Å². The summed E-state index contributed by atoms with van der Waals surface area (Å²) < 4.78 is 13.1. The van der Waals surface area contributed by atoms with Crippen LogP contribution in [0.3, 0.4) is 0 Å². The van der Waals surface area contributed by atoms with E-state index < -0.39 is 0 Å². The van der Waals surface area contributed by atoms with Crippen molar-refractivity contribution in [3.8, 4) is 0 Å². The number of likely N-dealkylation sites (N-methyl/N-ethyl adjacent to an activating group) is 2. The molecule has 1 saturated heterocycles. The molecule has 2 unspecified atom stereocenters. The zero-order chi connectivity index (χ0) is 16.0. The van der Waals surface area contributed by atoms with E-state index in [1.807, 2.05) is 12.1 Å². The van der Waals surface area contributed by atoms with Crippen molar-refractivity contribution in [3.63, 3.8) is 0 Å². The predicted molar refractivity (Wildman–Crippen MR) is 94.0 cm³/mol. The highest BCUT2D eigenvalue weighted by atomic mass is 32.2. The molecule has 2 aromatic rings. The molecule has 2 aliphatic rings. The summed E-state index contributed by atoms with van der Waals surface area (Å²) in [5.41, 5.74) is 2.84. The number of likely N-dealkylation sites (tertiary alicyclic amines) is 1. The minimum atomic E-state index is -0.182. The molecule has 0 radical (unpaired) electrons. The molecule has 120 valence electrons. The summed E-state index contributed by atoms with van der Waals surface area (Å²) in [6.45, 7) is 2.30. The number of fused-ring (bicyclic) bond motifs is 3. The predicted octanol–water partition coefficient (Wildman–Crippen LogP) is 4.21. The van der Waals surface area contributed by atoms with Gasteiger partial charge in [0.25, 0.3) is 0 Å². The average Bonchev–Trinajstić information content (AvgIpc) is 2.83. The molecule has 0 saturated carbocycles. The summed E-state index contributed by atoms with van der Waals surface area (Å²) in [6.07, 6.45) is 1.22. The largest absolute Gasteiger partial charge is 0.370 e. The van der Waals surface area contributed by atoms with Gasteiger partial charge in [0, 0.05) is 35.3 Å². The van der Waals surface area contributed by atoms with Crippen LogP contribution in [0.2, 0.25) is 0 Å². The zero-order valence-corrected chi connectivity index (χ0v) is 14.3. The van der Waals surface area contributed by atoms with Gasteiger partial charge in [0.05, 0.1) is 5.69 Å². The van der Waals surface area contributed by atoms with E-state index in [1.165, 1.54) is 41.2 Å². The lowest BCUT2D eigenvalue weighted by atomic mass is 9.89. The Balaban J connectivity index is 1.70. The number of para-hydroxylation sites is 1. The Kier molecular flexibility index (Phi) is 3.82. The molecular weight excluding hydrogens is 307 g/mol. The van der Waals surface area contributed by atoms with E-state index in [4.69, 9.17) is 0 Å². The van der Waals surface area contributed by atoms with E-state index in [0.29, 0.717) is 12.0 Å². The topological polar surface area (TPSA) is 6.48 Å². The summed E-state index contributed by atoms with van der Waals surface area (Å²) in [7, 11) is 4.44. The van der Waals surface area contributed by atoms with Crippen molar-refractivity contribution in [2.45, 2.75) is 28.2 Å². The van der Waals surface area contributed by atoms with Crippen LogP contribution in [0.15, 0.2) is 52.3 Å². The van der Waals surface area contributed by atoms with E-state index in [0.717, 1.165) is 11.4 Å². The number of rotatable bonds is 2. The summed E-state index contributed by atoms with van der Waals surface area (Å²) in [5.74, 6) is 0.418. The van der Waals surface area contributed by atoms with E-state index in [-0.39, 0.29) is 5.82 Å². The maximum Gasteiger partial charge on any atom is 0.123 e. The van der Waals surface area contributed by atoms with Crippen LogP contribution in [-0.4, -0.2) is 38.1 Å². The molecule has 2 aliphatic heterocycles. The Morgan fingerprint density at radius 3 is 2.65 bits per heavy atom. The van der Waals surface area contributed by atoms with Crippen molar-refractivity contribution in [2.75, 3.05) is 32.1 Å². The van der Waals surface area contributed by atoms with Crippen molar-refractivity contribution >= 4 is 17.4 Å². The monoisotopic (exact) mass is 328 g/mol. The van der Waals surface area contributed by atoms with E-state index >= 15 is 0 Å². The molecule has 2 heterocycles. The Hall–Kier alpha value is -1.52. The standard InChI is InChI=1S/C19H21FN2S/c1-21-11-10-17-16(12-21)15-4-3-5-18(19(15)22(17)2)23-14-8-6-13(20)7-9-14/h3-9,16-17H,10-12H2,1-2H3. The van der Waals surface area contributed by atoms with Crippen LogP contribution in [-0.2, 0) is 0 Å². The van der Waals surface area contributed by atoms with Crippen molar-refractivity contribution in [3.05, 3.63) is 53.8 Å². The fourth-order valence-electron chi connectivity index (χ4n) is 3.97. The van der Waals surface area contributed by atoms with Crippen molar-refractivity contribution < 1.29 is 4.39 Å². The molecule has 0 N–H and O–H groups in total. The van der Waals surface area contributed by atoms with Gasteiger partial charge in [-0.2, -0.15) is 0 Å². The molecule has 2 atom stereocenters. The summed E-state index contributed by atoms with van der Waals surface area (Å²) >= 11 is 1.73. The van der Waals surface area contributed by atoms with Gasteiger partial charge in [-0.05, 0) is 55.9 Å². The first-order valence-electron chi connectivity index (χ1n) is 8.11. The van der Waals surface area contributed by atoms with E-state index in [9.17, 15) is 4.39 Å². The first kappa shape index (κ1) is 15.0. The molecule has 0 spiro atoms. The van der Waals surface area contributed by atoms with Crippen LogP contribution in [0.4, 0.5) is 10.1 Å². The van der Waals surface area contributed by atoms with Gasteiger partial charge in [-0.1, -0.05) is 23.9 Å². The Bertz CT molecular complexity index is 716. The lowest BCUT2D eigenvalue weighted by molar-refractivity contribution is 0.234. The van der Waals surface area contributed by atoms with Gasteiger partial charge in [-0.25, -0.2) is 4.39 Å². The van der Waals surface area contributed by atoms with Crippen LogP contribution in [0.1, 0.15) is 17.9 Å². The van der Waals surface area contributed by atoms with Crippen molar-refractivity contribution in [2.24, 2.45) is 0 Å². The second-order valence-corrected chi connectivity index (χ2v) is 7.70.